The van der Waals surface area contributed by atoms with E-state index in [2.05, 4.69) is 12.2 Å². The van der Waals surface area contributed by atoms with Gasteiger partial charge in [0.25, 0.3) is 0 Å². The summed E-state index contributed by atoms with van der Waals surface area (Å²) in [5.74, 6) is 0. The summed E-state index contributed by atoms with van der Waals surface area (Å²) in [6, 6.07) is 0. The molecule has 2 heteroatoms. The number of hydroxylamine groups is 2. The van der Waals surface area contributed by atoms with Crippen molar-refractivity contribution in [3.05, 3.63) is 12.2 Å². The maximum atomic E-state index is 4.97. The molecule has 0 atom stereocenters. The van der Waals surface area contributed by atoms with Crippen molar-refractivity contribution >= 4 is 0 Å². The monoisotopic (exact) mass is 113 g/mol. The minimum atomic E-state index is 0.941. The van der Waals surface area contributed by atoms with Gasteiger partial charge in [0.1, 0.15) is 0 Å². The normalized spacial score (nSPS) is 21.6. The first-order chi connectivity index (χ1) is 3.93. The second kappa shape index (κ2) is 2.84. The van der Waals surface area contributed by atoms with Crippen LogP contribution in [0.1, 0.15) is 6.42 Å². The molecule has 2 nitrogen and oxygen atoms in total. The van der Waals surface area contributed by atoms with Crippen LogP contribution in [0.25, 0.3) is 0 Å². The quantitative estimate of drug-likeness (QED) is 0.466. The van der Waals surface area contributed by atoms with Gasteiger partial charge in [0.2, 0.25) is 0 Å². The first-order valence-corrected chi connectivity index (χ1v) is 2.87. The molecule has 0 aromatic carbocycles. The Kier molecular flexibility index (Phi) is 2.06. The van der Waals surface area contributed by atoms with Crippen molar-refractivity contribution in [1.82, 2.24) is 5.06 Å². The fraction of sp³-hybridized carbons (Fsp3) is 0.667. The van der Waals surface area contributed by atoms with E-state index in [-0.39, 0.29) is 0 Å². The lowest BCUT2D eigenvalue weighted by Gasteiger charge is -2.19. The van der Waals surface area contributed by atoms with Crippen LogP contribution >= 0.6 is 0 Å². The van der Waals surface area contributed by atoms with Crippen molar-refractivity contribution in [2.45, 2.75) is 6.42 Å². The van der Waals surface area contributed by atoms with Crippen molar-refractivity contribution < 1.29 is 4.84 Å². The molecule has 0 saturated heterocycles. The highest BCUT2D eigenvalue weighted by molar-refractivity contribution is 4.88. The summed E-state index contributed by atoms with van der Waals surface area (Å²) in [4.78, 5) is 4.97. The maximum absolute atomic E-state index is 4.97. The van der Waals surface area contributed by atoms with E-state index in [1.54, 1.807) is 7.11 Å². The van der Waals surface area contributed by atoms with Crippen molar-refractivity contribution in [3.8, 4) is 0 Å². The molecule has 0 unspecified atom stereocenters. The van der Waals surface area contributed by atoms with Crippen molar-refractivity contribution in [2.75, 3.05) is 20.2 Å². The van der Waals surface area contributed by atoms with Gasteiger partial charge in [-0.25, -0.2) is 0 Å². The molecule has 0 fully saturated rings. The van der Waals surface area contributed by atoms with E-state index in [1.807, 2.05) is 5.06 Å². The van der Waals surface area contributed by atoms with Crippen LogP contribution in [-0.2, 0) is 4.84 Å². The highest BCUT2D eigenvalue weighted by Gasteiger charge is 2.01. The van der Waals surface area contributed by atoms with E-state index in [0.717, 1.165) is 19.5 Å². The minimum absolute atomic E-state index is 0.941. The van der Waals surface area contributed by atoms with E-state index in [1.165, 1.54) is 0 Å². The Labute approximate surface area is 49.7 Å². The van der Waals surface area contributed by atoms with Gasteiger partial charge in [0, 0.05) is 13.1 Å². The Hall–Kier alpha value is -0.340. The molecule has 0 spiro atoms. The number of rotatable bonds is 1. The minimum Gasteiger partial charge on any atom is -0.302 e. The fourth-order valence-corrected chi connectivity index (χ4v) is 0.786. The molecule has 0 bridgehead atoms. The van der Waals surface area contributed by atoms with Crippen LogP contribution in [0.2, 0.25) is 0 Å². The third kappa shape index (κ3) is 1.32. The second-order valence-electron chi connectivity index (χ2n) is 1.83. The number of hydrogen-bond acceptors (Lipinski definition) is 2. The average molecular weight is 113 g/mol. The Morgan fingerprint density at radius 2 is 2.38 bits per heavy atom. The molecule has 0 amide bonds. The molecule has 0 aromatic heterocycles. The number of nitrogens with zero attached hydrogens (tertiary/aromatic N) is 1. The van der Waals surface area contributed by atoms with E-state index >= 15 is 0 Å². The first kappa shape index (κ1) is 5.79. The molecule has 0 N–H and O–H groups in total. The number of hydrogen-bond donors (Lipinski definition) is 0. The SMILES string of the molecule is CON1CC=CCC1. The van der Waals surface area contributed by atoms with Crippen LogP contribution in [0.4, 0.5) is 0 Å². The molecule has 1 rings (SSSR count). The van der Waals surface area contributed by atoms with Gasteiger partial charge in [-0.2, -0.15) is 5.06 Å². The molecule has 8 heavy (non-hydrogen) atoms. The summed E-state index contributed by atoms with van der Waals surface area (Å²) in [6.07, 6.45) is 5.41. The summed E-state index contributed by atoms with van der Waals surface area (Å²) in [5.41, 5.74) is 0. The van der Waals surface area contributed by atoms with Crippen molar-refractivity contribution in [1.29, 1.82) is 0 Å². The van der Waals surface area contributed by atoms with Gasteiger partial charge in [-0.05, 0) is 6.42 Å². The van der Waals surface area contributed by atoms with Gasteiger partial charge in [-0.1, -0.05) is 12.2 Å². The van der Waals surface area contributed by atoms with Gasteiger partial charge in [0.15, 0.2) is 0 Å². The van der Waals surface area contributed by atoms with Gasteiger partial charge in [-0.3, -0.25) is 0 Å². The lowest BCUT2D eigenvalue weighted by atomic mass is 10.3. The molecule has 46 valence electrons. The molecule has 0 aliphatic carbocycles. The van der Waals surface area contributed by atoms with Gasteiger partial charge in [-0.15, -0.1) is 0 Å². The topological polar surface area (TPSA) is 12.5 Å². The van der Waals surface area contributed by atoms with Crippen molar-refractivity contribution in [2.24, 2.45) is 0 Å². The first-order valence-electron chi connectivity index (χ1n) is 2.87. The summed E-state index contributed by atoms with van der Waals surface area (Å²) in [7, 11) is 1.71. The molecular weight excluding hydrogens is 102 g/mol. The predicted octanol–water partition coefficient (Wildman–Crippen LogP) is 0.810. The summed E-state index contributed by atoms with van der Waals surface area (Å²) in [5, 5.41) is 1.93. The standard InChI is InChI=1S/C6H11NO/c1-8-7-5-3-2-4-6-7/h2-3H,4-6H2,1H3. The molecule has 1 heterocycles. The van der Waals surface area contributed by atoms with Gasteiger partial charge >= 0.3 is 0 Å². The van der Waals surface area contributed by atoms with Gasteiger partial charge in [0.05, 0.1) is 7.11 Å². The van der Waals surface area contributed by atoms with E-state index in [4.69, 9.17) is 4.84 Å². The summed E-state index contributed by atoms with van der Waals surface area (Å²) < 4.78 is 0. The second-order valence-corrected chi connectivity index (χ2v) is 1.83. The Morgan fingerprint density at radius 3 is 2.75 bits per heavy atom. The van der Waals surface area contributed by atoms with Crippen LogP contribution in [-0.4, -0.2) is 25.3 Å². The lowest BCUT2D eigenvalue weighted by Crippen LogP contribution is -2.25. The third-order valence-electron chi connectivity index (χ3n) is 1.28. The van der Waals surface area contributed by atoms with Crippen LogP contribution < -0.4 is 0 Å². The molecule has 0 saturated carbocycles. The molecule has 1 aliphatic heterocycles. The molecule has 0 radical (unpaired) electrons. The Balaban J connectivity index is 2.27. The van der Waals surface area contributed by atoms with Gasteiger partial charge < -0.3 is 4.84 Å². The average Bonchev–Trinajstić information content (AvgIpc) is 1.90. The van der Waals surface area contributed by atoms with E-state index in [9.17, 15) is 0 Å². The summed E-state index contributed by atoms with van der Waals surface area (Å²) >= 11 is 0. The van der Waals surface area contributed by atoms with Crippen LogP contribution in [0.3, 0.4) is 0 Å². The highest BCUT2D eigenvalue weighted by Crippen LogP contribution is 1.98. The van der Waals surface area contributed by atoms with E-state index in [0.29, 0.717) is 0 Å². The van der Waals surface area contributed by atoms with Crippen LogP contribution in [0, 0.1) is 0 Å². The largest absolute Gasteiger partial charge is 0.302 e. The fourth-order valence-electron chi connectivity index (χ4n) is 0.786. The zero-order chi connectivity index (χ0) is 5.82. The zero-order valence-electron chi connectivity index (χ0n) is 5.13. The van der Waals surface area contributed by atoms with E-state index < -0.39 is 0 Å². The molecule has 1 aliphatic rings. The Bertz CT molecular complexity index is 90.5. The predicted molar refractivity (Wildman–Crippen MR) is 32.3 cm³/mol. The smallest absolute Gasteiger partial charge is 0.0575 e. The maximum Gasteiger partial charge on any atom is 0.0575 e. The van der Waals surface area contributed by atoms with Crippen LogP contribution in [0.15, 0.2) is 12.2 Å². The highest BCUT2D eigenvalue weighted by atomic mass is 16.7. The summed E-state index contributed by atoms with van der Waals surface area (Å²) in [6.45, 7) is 1.98. The lowest BCUT2D eigenvalue weighted by molar-refractivity contribution is -0.123. The third-order valence-corrected chi connectivity index (χ3v) is 1.28. The molecule has 0 aromatic rings. The molecular formula is C6H11NO. The Morgan fingerprint density at radius 1 is 1.50 bits per heavy atom. The van der Waals surface area contributed by atoms with Crippen molar-refractivity contribution in [3.63, 3.8) is 0 Å². The zero-order valence-corrected chi connectivity index (χ0v) is 5.13. The van der Waals surface area contributed by atoms with Crippen LogP contribution in [0.5, 0.6) is 0 Å².